The zero-order valence-electron chi connectivity index (χ0n) is 15.9. The molecule has 0 aliphatic carbocycles. The van der Waals surface area contributed by atoms with E-state index in [0.717, 1.165) is 0 Å². The molecule has 4 rings (SSSR count). The van der Waals surface area contributed by atoms with Gasteiger partial charge >= 0.3 is 0 Å². The molecule has 1 heterocycles. The van der Waals surface area contributed by atoms with E-state index in [-0.39, 0.29) is 16.1 Å². The molecule has 150 valence electrons. The average Bonchev–Trinajstić information content (AvgIpc) is 2.76. The molecule has 0 saturated carbocycles. The number of amides is 1. The second kappa shape index (κ2) is 8.00. The Morgan fingerprint density at radius 2 is 1.80 bits per heavy atom. The number of carbonyl (C=O) groups excluding carboxylic acids is 1. The maximum absolute atomic E-state index is 13.4. The molecule has 0 aliphatic heterocycles. The SMILES string of the molecule is COc1cccc(-n2cc(C(=O)Nc3ccc(F)c(Cl)c3)c3ccccc3c2=O)c1. The minimum Gasteiger partial charge on any atom is -0.497 e. The van der Waals surface area contributed by atoms with E-state index >= 15 is 0 Å². The van der Waals surface area contributed by atoms with Crippen molar-refractivity contribution in [2.24, 2.45) is 0 Å². The first-order chi connectivity index (χ1) is 14.5. The molecule has 0 atom stereocenters. The van der Waals surface area contributed by atoms with Crippen molar-refractivity contribution >= 4 is 34.0 Å². The Morgan fingerprint density at radius 3 is 2.53 bits per heavy atom. The van der Waals surface area contributed by atoms with E-state index in [1.54, 1.807) is 48.5 Å². The molecule has 0 saturated heterocycles. The van der Waals surface area contributed by atoms with Gasteiger partial charge in [0.15, 0.2) is 0 Å². The van der Waals surface area contributed by atoms with Crippen LogP contribution < -0.4 is 15.6 Å². The van der Waals surface area contributed by atoms with Crippen LogP contribution in [0.3, 0.4) is 0 Å². The number of rotatable bonds is 4. The summed E-state index contributed by atoms with van der Waals surface area (Å²) in [6, 6.07) is 17.8. The van der Waals surface area contributed by atoms with E-state index < -0.39 is 11.7 Å². The zero-order chi connectivity index (χ0) is 21.3. The summed E-state index contributed by atoms with van der Waals surface area (Å²) < 4.78 is 20.1. The van der Waals surface area contributed by atoms with E-state index in [2.05, 4.69) is 5.32 Å². The number of benzene rings is 3. The minimum atomic E-state index is -0.577. The molecular formula is C23H16ClFN2O3. The molecule has 0 spiro atoms. The number of ether oxygens (including phenoxy) is 1. The number of carbonyl (C=O) groups is 1. The highest BCUT2D eigenvalue weighted by atomic mass is 35.5. The van der Waals surface area contributed by atoms with Gasteiger partial charge in [-0.1, -0.05) is 35.9 Å². The van der Waals surface area contributed by atoms with Gasteiger partial charge in [-0.2, -0.15) is 0 Å². The Kier molecular flexibility index (Phi) is 5.25. The number of nitrogens with one attached hydrogen (secondary N) is 1. The van der Waals surface area contributed by atoms with E-state index in [4.69, 9.17) is 16.3 Å². The lowest BCUT2D eigenvalue weighted by Gasteiger charge is -2.13. The summed E-state index contributed by atoms with van der Waals surface area (Å²) in [5, 5.41) is 3.51. The van der Waals surface area contributed by atoms with E-state index in [1.807, 2.05) is 0 Å². The number of nitrogens with zero attached hydrogens (tertiary/aromatic N) is 1. The fraction of sp³-hybridized carbons (Fsp3) is 0.0435. The van der Waals surface area contributed by atoms with Gasteiger partial charge in [0.2, 0.25) is 0 Å². The third-order valence-corrected chi connectivity index (χ3v) is 4.97. The Bertz CT molecular complexity index is 1330. The smallest absolute Gasteiger partial charge is 0.262 e. The van der Waals surface area contributed by atoms with E-state index in [1.165, 1.54) is 36.1 Å². The molecule has 30 heavy (non-hydrogen) atoms. The number of anilines is 1. The topological polar surface area (TPSA) is 60.3 Å². The van der Waals surface area contributed by atoms with Gasteiger partial charge in [-0.05, 0) is 36.4 Å². The fourth-order valence-electron chi connectivity index (χ4n) is 3.20. The molecule has 0 aliphatic rings. The molecule has 7 heteroatoms. The average molecular weight is 423 g/mol. The maximum Gasteiger partial charge on any atom is 0.262 e. The molecule has 1 N–H and O–H groups in total. The lowest BCUT2D eigenvalue weighted by atomic mass is 10.1. The van der Waals surface area contributed by atoms with Crippen LogP contribution in [0.2, 0.25) is 5.02 Å². The maximum atomic E-state index is 13.4. The highest BCUT2D eigenvalue weighted by Gasteiger charge is 2.16. The van der Waals surface area contributed by atoms with Gasteiger partial charge in [0.25, 0.3) is 11.5 Å². The van der Waals surface area contributed by atoms with Gasteiger partial charge in [-0.15, -0.1) is 0 Å². The van der Waals surface area contributed by atoms with Crippen LogP contribution in [0.25, 0.3) is 16.5 Å². The van der Waals surface area contributed by atoms with Gasteiger partial charge in [-0.3, -0.25) is 14.2 Å². The second-order valence-electron chi connectivity index (χ2n) is 6.55. The molecule has 3 aromatic carbocycles. The van der Waals surface area contributed by atoms with Gasteiger partial charge in [0.05, 0.1) is 23.4 Å². The van der Waals surface area contributed by atoms with Crippen molar-refractivity contribution < 1.29 is 13.9 Å². The summed E-state index contributed by atoms with van der Waals surface area (Å²) in [4.78, 5) is 26.1. The van der Waals surface area contributed by atoms with Crippen LogP contribution in [0, 0.1) is 5.82 Å². The third-order valence-electron chi connectivity index (χ3n) is 4.68. The van der Waals surface area contributed by atoms with Crippen molar-refractivity contribution in [2.45, 2.75) is 0 Å². The highest BCUT2D eigenvalue weighted by Crippen LogP contribution is 2.23. The molecule has 4 aromatic rings. The Labute approximate surface area is 176 Å². The molecule has 0 bridgehead atoms. The lowest BCUT2D eigenvalue weighted by molar-refractivity contribution is 0.102. The first-order valence-corrected chi connectivity index (χ1v) is 9.41. The minimum absolute atomic E-state index is 0.0981. The van der Waals surface area contributed by atoms with Crippen molar-refractivity contribution in [2.75, 3.05) is 12.4 Å². The summed E-state index contributed by atoms with van der Waals surface area (Å²) in [6.45, 7) is 0. The van der Waals surface area contributed by atoms with Gasteiger partial charge in [0.1, 0.15) is 11.6 Å². The quantitative estimate of drug-likeness (QED) is 0.501. The van der Waals surface area contributed by atoms with Crippen molar-refractivity contribution in [3.63, 3.8) is 0 Å². The molecule has 0 fully saturated rings. The number of pyridine rings is 1. The molecule has 1 amide bonds. The van der Waals surface area contributed by atoms with Crippen molar-refractivity contribution in [3.05, 3.63) is 99.7 Å². The second-order valence-corrected chi connectivity index (χ2v) is 6.96. The standard InChI is InChI=1S/C23H16ClFN2O3/c1-30-16-6-4-5-15(12-16)27-13-19(17-7-2-3-8-18(17)23(27)29)22(28)26-14-9-10-21(25)20(24)11-14/h2-13H,1H3,(H,26,28). The molecule has 1 aromatic heterocycles. The number of halogens is 2. The van der Waals surface area contributed by atoms with Crippen molar-refractivity contribution in [1.29, 1.82) is 0 Å². The normalized spacial score (nSPS) is 10.8. The largest absolute Gasteiger partial charge is 0.497 e. The molecular weight excluding hydrogens is 407 g/mol. The van der Waals surface area contributed by atoms with Gasteiger partial charge in [0, 0.05) is 28.7 Å². The summed E-state index contributed by atoms with van der Waals surface area (Å²) in [7, 11) is 1.54. The summed E-state index contributed by atoms with van der Waals surface area (Å²) in [5.74, 6) is -0.447. The predicted molar refractivity (Wildman–Crippen MR) is 115 cm³/mol. The molecule has 5 nitrogen and oxygen atoms in total. The number of aromatic nitrogens is 1. The lowest BCUT2D eigenvalue weighted by Crippen LogP contribution is -2.22. The van der Waals surface area contributed by atoms with Crippen LogP contribution in [0.1, 0.15) is 10.4 Å². The Hall–Kier alpha value is -3.64. The summed E-state index contributed by atoms with van der Waals surface area (Å²) in [5.41, 5.74) is 0.923. The van der Waals surface area contributed by atoms with Crippen molar-refractivity contribution in [3.8, 4) is 11.4 Å². The zero-order valence-corrected chi connectivity index (χ0v) is 16.6. The Morgan fingerprint density at radius 1 is 1.03 bits per heavy atom. The first-order valence-electron chi connectivity index (χ1n) is 9.03. The van der Waals surface area contributed by atoms with E-state index in [9.17, 15) is 14.0 Å². The fourth-order valence-corrected chi connectivity index (χ4v) is 3.38. The Balaban J connectivity index is 1.86. The number of hydrogen-bond donors (Lipinski definition) is 1. The molecule has 0 radical (unpaired) electrons. The summed E-state index contributed by atoms with van der Waals surface area (Å²) >= 11 is 5.81. The van der Waals surface area contributed by atoms with Crippen LogP contribution >= 0.6 is 11.6 Å². The first kappa shape index (κ1) is 19.7. The number of fused-ring (bicyclic) bond motifs is 1. The van der Waals surface area contributed by atoms with Crippen LogP contribution in [-0.2, 0) is 0 Å². The number of methoxy groups -OCH3 is 1. The van der Waals surface area contributed by atoms with Crippen molar-refractivity contribution in [1.82, 2.24) is 4.57 Å². The van der Waals surface area contributed by atoms with Crippen LogP contribution in [0.4, 0.5) is 10.1 Å². The van der Waals surface area contributed by atoms with Crippen LogP contribution in [0.15, 0.2) is 77.7 Å². The predicted octanol–water partition coefficient (Wildman–Crippen LogP) is 5.04. The third kappa shape index (κ3) is 3.65. The van der Waals surface area contributed by atoms with Crippen LogP contribution in [0.5, 0.6) is 5.75 Å². The monoisotopic (exact) mass is 422 g/mol. The van der Waals surface area contributed by atoms with Gasteiger partial charge < -0.3 is 10.1 Å². The van der Waals surface area contributed by atoms with E-state index in [0.29, 0.717) is 27.9 Å². The van der Waals surface area contributed by atoms with Gasteiger partial charge in [-0.25, -0.2) is 4.39 Å². The highest BCUT2D eigenvalue weighted by molar-refractivity contribution is 6.31. The summed E-state index contributed by atoms with van der Waals surface area (Å²) in [6.07, 6.45) is 1.49. The molecule has 0 unspecified atom stereocenters. The van der Waals surface area contributed by atoms with Crippen LogP contribution in [-0.4, -0.2) is 17.6 Å². The number of hydrogen-bond acceptors (Lipinski definition) is 3.